The Hall–Kier alpha value is -4.70. The Balaban J connectivity index is 1.56. The number of hydrogen-bond donors (Lipinski definition) is 2. The summed E-state index contributed by atoms with van der Waals surface area (Å²) in [6.07, 6.45) is 2.68. The smallest absolute Gasteiger partial charge is 0.288 e. The van der Waals surface area contributed by atoms with E-state index in [9.17, 15) is 19.7 Å². The van der Waals surface area contributed by atoms with Crippen molar-refractivity contribution in [1.82, 2.24) is 10.7 Å². The van der Waals surface area contributed by atoms with Crippen LogP contribution in [0.4, 0.5) is 5.69 Å². The molecule has 0 aliphatic carbocycles. The molecule has 3 aromatic rings. The number of carbonyl (C=O) groups excluding carboxylic acids is 2. The number of rotatable bonds is 7. The minimum Gasteiger partial charge on any atom is -0.454 e. The molecule has 0 spiro atoms. The van der Waals surface area contributed by atoms with Gasteiger partial charge in [0.25, 0.3) is 17.5 Å². The highest BCUT2D eigenvalue weighted by atomic mass is 35.5. The summed E-state index contributed by atoms with van der Waals surface area (Å²) in [7, 11) is 0. The van der Waals surface area contributed by atoms with Crippen LogP contribution in [-0.4, -0.2) is 29.7 Å². The predicted octanol–water partition coefficient (Wildman–Crippen LogP) is 3.90. The third-order valence-corrected chi connectivity index (χ3v) is 5.10. The number of amides is 2. The van der Waals surface area contributed by atoms with Gasteiger partial charge in [0.05, 0.1) is 11.1 Å². The Labute approximate surface area is 204 Å². The van der Waals surface area contributed by atoms with E-state index in [0.717, 1.165) is 0 Å². The Morgan fingerprint density at radius 3 is 2.51 bits per heavy atom. The molecule has 2 N–H and O–H groups in total. The van der Waals surface area contributed by atoms with E-state index < -0.39 is 16.7 Å². The highest BCUT2D eigenvalue weighted by Gasteiger charge is 2.17. The molecule has 0 saturated carbocycles. The van der Waals surface area contributed by atoms with Crippen LogP contribution in [0, 0.1) is 10.1 Å². The maximum atomic E-state index is 12.9. The van der Waals surface area contributed by atoms with Crippen molar-refractivity contribution in [3.63, 3.8) is 0 Å². The van der Waals surface area contributed by atoms with Crippen molar-refractivity contribution >= 4 is 41.4 Å². The second-order valence-corrected chi connectivity index (χ2v) is 7.57. The van der Waals surface area contributed by atoms with Crippen LogP contribution in [0.3, 0.4) is 0 Å². The van der Waals surface area contributed by atoms with Gasteiger partial charge in [-0.2, -0.15) is 5.10 Å². The summed E-state index contributed by atoms with van der Waals surface area (Å²) in [5.41, 5.74) is 3.21. The first-order valence-electron chi connectivity index (χ1n) is 10.2. The van der Waals surface area contributed by atoms with E-state index in [4.69, 9.17) is 21.1 Å². The summed E-state index contributed by atoms with van der Waals surface area (Å²) in [5, 5.41) is 17.5. The summed E-state index contributed by atoms with van der Waals surface area (Å²) in [6.45, 7) is 0.0954. The lowest BCUT2D eigenvalue weighted by molar-refractivity contribution is -0.384. The van der Waals surface area contributed by atoms with Crippen molar-refractivity contribution in [2.45, 2.75) is 0 Å². The van der Waals surface area contributed by atoms with Crippen LogP contribution in [0.2, 0.25) is 5.02 Å². The zero-order valence-corrected chi connectivity index (χ0v) is 18.7. The molecule has 1 heterocycles. The number of nitrogens with zero attached hydrogens (tertiary/aromatic N) is 2. The molecule has 10 nitrogen and oxygen atoms in total. The molecular weight excluding hydrogens is 476 g/mol. The summed E-state index contributed by atoms with van der Waals surface area (Å²) < 4.78 is 10.7. The number of nitrogens with one attached hydrogen (secondary N) is 2. The molecule has 11 heteroatoms. The maximum Gasteiger partial charge on any atom is 0.288 e. The first kappa shape index (κ1) is 23.5. The van der Waals surface area contributed by atoms with Gasteiger partial charge in [0.1, 0.15) is 10.7 Å². The van der Waals surface area contributed by atoms with E-state index >= 15 is 0 Å². The standard InChI is InChI=1S/C24H17ClN4O6/c25-18-8-6-16(11-20(18)29(32)33)13-26-28-24(31)19(27-23(30)17-4-2-1-3-5-17)10-15-7-9-21-22(12-15)35-14-34-21/h1-13H,14H2,(H,27,30)(H,28,31)/b19-10+,26-13-. The van der Waals surface area contributed by atoms with Crippen molar-refractivity contribution in [2.24, 2.45) is 5.10 Å². The van der Waals surface area contributed by atoms with Gasteiger partial charge in [-0.05, 0) is 42.0 Å². The van der Waals surface area contributed by atoms with Crippen molar-refractivity contribution in [2.75, 3.05) is 6.79 Å². The van der Waals surface area contributed by atoms with Crippen molar-refractivity contribution < 1.29 is 24.0 Å². The molecule has 176 valence electrons. The van der Waals surface area contributed by atoms with Crippen LogP contribution in [0.5, 0.6) is 11.5 Å². The largest absolute Gasteiger partial charge is 0.454 e. The van der Waals surface area contributed by atoms with Gasteiger partial charge in [0.2, 0.25) is 6.79 Å². The molecule has 3 aromatic carbocycles. The number of carbonyl (C=O) groups is 2. The van der Waals surface area contributed by atoms with E-state index in [1.54, 1.807) is 48.5 Å². The summed E-state index contributed by atoms with van der Waals surface area (Å²) >= 11 is 5.81. The molecule has 2 amide bonds. The fraction of sp³-hybridized carbons (Fsp3) is 0.0417. The lowest BCUT2D eigenvalue weighted by Gasteiger charge is -2.09. The lowest BCUT2D eigenvalue weighted by Crippen LogP contribution is -2.32. The number of nitro benzene ring substituents is 1. The quantitative estimate of drug-likeness (QED) is 0.222. The molecule has 0 atom stereocenters. The van der Waals surface area contributed by atoms with Crippen LogP contribution in [0.15, 0.2) is 77.5 Å². The first-order chi connectivity index (χ1) is 16.9. The predicted molar refractivity (Wildman–Crippen MR) is 128 cm³/mol. The maximum absolute atomic E-state index is 12.9. The van der Waals surface area contributed by atoms with Gasteiger partial charge in [-0.3, -0.25) is 19.7 Å². The minimum atomic E-state index is -0.716. The molecular formula is C24H17ClN4O6. The van der Waals surface area contributed by atoms with Crippen LogP contribution in [0.1, 0.15) is 21.5 Å². The van der Waals surface area contributed by atoms with E-state index in [2.05, 4.69) is 15.8 Å². The van der Waals surface area contributed by atoms with Crippen LogP contribution in [-0.2, 0) is 4.79 Å². The Kier molecular flexibility index (Phi) is 7.03. The molecule has 1 aliphatic heterocycles. The van der Waals surface area contributed by atoms with Gasteiger partial charge in [-0.1, -0.05) is 41.9 Å². The lowest BCUT2D eigenvalue weighted by atomic mass is 10.1. The number of benzene rings is 3. The van der Waals surface area contributed by atoms with Gasteiger partial charge in [0.15, 0.2) is 11.5 Å². The zero-order chi connectivity index (χ0) is 24.8. The van der Waals surface area contributed by atoms with Crippen molar-refractivity contribution in [3.05, 3.63) is 104 Å². The normalized spacial score (nSPS) is 12.4. The topological polar surface area (TPSA) is 132 Å². The molecule has 1 aliphatic rings. The van der Waals surface area contributed by atoms with Gasteiger partial charge < -0.3 is 14.8 Å². The van der Waals surface area contributed by atoms with E-state index in [0.29, 0.717) is 28.2 Å². The van der Waals surface area contributed by atoms with Gasteiger partial charge in [-0.15, -0.1) is 0 Å². The van der Waals surface area contributed by atoms with E-state index in [-0.39, 0.29) is 23.2 Å². The SMILES string of the molecule is O=C(N/N=C\c1ccc(Cl)c([N+](=O)[O-])c1)/C(=C\c1ccc2c(c1)OCO2)NC(=O)c1ccccc1. The van der Waals surface area contributed by atoms with Gasteiger partial charge in [0, 0.05) is 17.2 Å². The number of nitro groups is 1. The Morgan fingerprint density at radius 1 is 1.00 bits per heavy atom. The first-order valence-corrected chi connectivity index (χ1v) is 10.5. The zero-order valence-electron chi connectivity index (χ0n) is 17.9. The Morgan fingerprint density at radius 2 is 1.74 bits per heavy atom. The fourth-order valence-electron chi connectivity index (χ4n) is 3.09. The second-order valence-electron chi connectivity index (χ2n) is 7.16. The highest BCUT2D eigenvalue weighted by molar-refractivity contribution is 6.32. The second kappa shape index (κ2) is 10.5. The molecule has 0 unspecified atom stereocenters. The monoisotopic (exact) mass is 492 g/mol. The molecule has 0 bridgehead atoms. The number of fused-ring (bicyclic) bond motifs is 1. The average molecular weight is 493 g/mol. The van der Waals surface area contributed by atoms with Crippen molar-refractivity contribution in [1.29, 1.82) is 0 Å². The van der Waals surface area contributed by atoms with E-state index in [1.807, 2.05) is 0 Å². The molecule has 35 heavy (non-hydrogen) atoms. The summed E-state index contributed by atoms with van der Waals surface area (Å²) in [4.78, 5) is 36.0. The fourth-order valence-corrected chi connectivity index (χ4v) is 3.27. The minimum absolute atomic E-state index is 0.0197. The molecule has 0 radical (unpaired) electrons. The average Bonchev–Trinajstić information content (AvgIpc) is 3.33. The molecule has 0 aromatic heterocycles. The Bertz CT molecular complexity index is 1360. The summed E-state index contributed by atoms with van der Waals surface area (Å²) in [5.74, 6) is -0.130. The molecule has 0 fully saturated rings. The third kappa shape index (κ3) is 5.81. The molecule has 4 rings (SSSR count). The highest BCUT2D eigenvalue weighted by Crippen LogP contribution is 2.33. The molecule has 0 saturated heterocycles. The number of ether oxygens (including phenoxy) is 2. The van der Waals surface area contributed by atoms with Gasteiger partial charge >= 0.3 is 0 Å². The number of halogens is 1. The number of hydrogen-bond acceptors (Lipinski definition) is 7. The number of hydrazone groups is 1. The van der Waals surface area contributed by atoms with Crippen LogP contribution in [0.25, 0.3) is 6.08 Å². The van der Waals surface area contributed by atoms with Crippen LogP contribution < -0.4 is 20.2 Å². The van der Waals surface area contributed by atoms with E-state index in [1.165, 1.54) is 30.5 Å². The third-order valence-electron chi connectivity index (χ3n) is 4.78. The van der Waals surface area contributed by atoms with Crippen molar-refractivity contribution in [3.8, 4) is 11.5 Å². The van der Waals surface area contributed by atoms with Gasteiger partial charge in [-0.25, -0.2) is 5.43 Å². The summed E-state index contributed by atoms with van der Waals surface area (Å²) in [6, 6.07) is 17.5. The van der Waals surface area contributed by atoms with Crippen LogP contribution >= 0.6 is 11.6 Å².